The molecule has 0 aromatic carbocycles. The number of aromatic nitrogens is 1. The highest BCUT2D eigenvalue weighted by atomic mass is 32.1. The van der Waals surface area contributed by atoms with Crippen molar-refractivity contribution in [3.8, 4) is 0 Å². The van der Waals surface area contributed by atoms with E-state index < -0.39 is 0 Å². The molecule has 0 amide bonds. The summed E-state index contributed by atoms with van der Waals surface area (Å²) in [6, 6.07) is 0.696. The third kappa shape index (κ3) is 3.00. The summed E-state index contributed by atoms with van der Waals surface area (Å²) in [5, 5.41) is 6.70. The van der Waals surface area contributed by atoms with Crippen LogP contribution in [0.5, 0.6) is 0 Å². The predicted octanol–water partition coefficient (Wildman–Crippen LogP) is 1.29. The van der Waals surface area contributed by atoms with Gasteiger partial charge in [-0.1, -0.05) is 0 Å². The van der Waals surface area contributed by atoms with E-state index in [4.69, 9.17) is 0 Å². The van der Waals surface area contributed by atoms with Crippen LogP contribution in [-0.4, -0.2) is 42.6 Å². The van der Waals surface area contributed by atoms with Crippen molar-refractivity contribution in [2.24, 2.45) is 0 Å². The summed E-state index contributed by atoms with van der Waals surface area (Å²) in [6.45, 7) is 5.65. The molecule has 0 aliphatic carbocycles. The fraction of sp³-hybridized carbons (Fsp3) is 0.727. The van der Waals surface area contributed by atoms with Gasteiger partial charge in [0, 0.05) is 30.9 Å². The number of nitrogens with zero attached hydrogens (tertiary/aromatic N) is 2. The minimum Gasteiger partial charge on any atom is -0.316 e. The molecule has 1 atom stereocenters. The maximum atomic E-state index is 4.49. The van der Waals surface area contributed by atoms with Crippen molar-refractivity contribution < 1.29 is 0 Å². The fourth-order valence-electron chi connectivity index (χ4n) is 2.07. The van der Waals surface area contributed by atoms with Gasteiger partial charge in [0.25, 0.3) is 0 Å². The van der Waals surface area contributed by atoms with Gasteiger partial charge in [-0.05, 0) is 26.9 Å². The zero-order chi connectivity index (χ0) is 10.7. The quantitative estimate of drug-likeness (QED) is 0.837. The van der Waals surface area contributed by atoms with E-state index >= 15 is 0 Å². The van der Waals surface area contributed by atoms with Crippen LogP contribution in [0, 0.1) is 6.92 Å². The average Bonchev–Trinajstić information content (AvgIpc) is 2.83. The molecule has 1 saturated heterocycles. The van der Waals surface area contributed by atoms with E-state index in [0.29, 0.717) is 6.04 Å². The van der Waals surface area contributed by atoms with Gasteiger partial charge < -0.3 is 10.2 Å². The van der Waals surface area contributed by atoms with Gasteiger partial charge in [-0.25, -0.2) is 4.98 Å². The molecular weight excluding hydrogens is 206 g/mol. The molecule has 2 heterocycles. The van der Waals surface area contributed by atoms with Crippen LogP contribution in [0.4, 0.5) is 0 Å². The highest BCUT2D eigenvalue weighted by Gasteiger charge is 2.20. The van der Waals surface area contributed by atoms with Gasteiger partial charge in [0.15, 0.2) is 0 Å². The molecule has 2 rings (SSSR count). The highest BCUT2D eigenvalue weighted by molar-refractivity contribution is 7.09. The third-order valence-electron chi connectivity index (χ3n) is 3.03. The largest absolute Gasteiger partial charge is 0.316 e. The molecule has 1 aromatic heterocycles. The second kappa shape index (κ2) is 5.05. The number of hydrogen-bond donors (Lipinski definition) is 1. The predicted molar refractivity (Wildman–Crippen MR) is 64.5 cm³/mol. The van der Waals surface area contributed by atoms with Gasteiger partial charge >= 0.3 is 0 Å². The third-order valence-corrected chi connectivity index (χ3v) is 3.85. The lowest BCUT2D eigenvalue weighted by atomic mass is 10.3. The molecule has 15 heavy (non-hydrogen) atoms. The van der Waals surface area contributed by atoms with Crippen LogP contribution < -0.4 is 5.32 Å². The molecule has 1 N–H and O–H groups in total. The maximum absolute atomic E-state index is 4.49. The van der Waals surface area contributed by atoms with Crippen LogP contribution in [0.3, 0.4) is 0 Å². The number of aryl methyl sites for hydroxylation is 1. The van der Waals surface area contributed by atoms with Gasteiger partial charge in [0.1, 0.15) is 0 Å². The normalized spacial score (nSPS) is 22.4. The number of nitrogens with one attached hydrogen (secondary N) is 1. The van der Waals surface area contributed by atoms with Gasteiger partial charge in [0.05, 0.1) is 10.7 Å². The van der Waals surface area contributed by atoms with Gasteiger partial charge in [-0.3, -0.25) is 0 Å². The van der Waals surface area contributed by atoms with Crippen LogP contribution in [-0.2, 0) is 6.42 Å². The standard InChI is InChI=1S/C11H19N3S/c1-9-13-11(8-15-9)4-6-14-5-3-10(7-14)12-2/h8,10,12H,3-7H2,1-2H3. The Hall–Kier alpha value is -0.450. The van der Waals surface area contributed by atoms with Crippen molar-refractivity contribution in [1.29, 1.82) is 0 Å². The molecule has 1 unspecified atom stereocenters. The van der Waals surface area contributed by atoms with E-state index in [1.807, 2.05) is 0 Å². The number of hydrogen-bond acceptors (Lipinski definition) is 4. The van der Waals surface area contributed by atoms with Crippen LogP contribution in [0.2, 0.25) is 0 Å². The summed E-state index contributed by atoms with van der Waals surface area (Å²) in [7, 11) is 2.05. The monoisotopic (exact) mass is 225 g/mol. The minimum atomic E-state index is 0.696. The molecule has 0 spiro atoms. The van der Waals surface area contributed by atoms with E-state index in [9.17, 15) is 0 Å². The Labute approximate surface area is 95.5 Å². The van der Waals surface area contributed by atoms with Crippen molar-refractivity contribution >= 4 is 11.3 Å². The summed E-state index contributed by atoms with van der Waals surface area (Å²) < 4.78 is 0. The van der Waals surface area contributed by atoms with Crippen LogP contribution in [0.25, 0.3) is 0 Å². The Balaban J connectivity index is 1.75. The van der Waals surface area contributed by atoms with Crippen molar-refractivity contribution in [1.82, 2.24) is 15.2 Å². The Kier molecular flexibility index (Phi) is 3.72. The lowest BCUT2D eigenvalue weighted by Gasteiger charge is -2.14. The highest BCUT2D eigenvalue weighted by Crippen LogP contribution is 2.12. The molecule has 1 aromatic rings. The molecule has 0 saturated carbocycles. The summed E-state index contributed by atoms with van der Waals surface area (Å²) in [4.78, 5) is 7.01. The first-order valence-electron chi connectivity index (χ1n) is 5.58. The molecule has 0 bridgehead atoms. The average molecular weight is 225 g/mol. The van der Waals surface area contributed by atoms with Gasteiger partial charge in [-0.15, -0.1) is 11.3 Å². The zero-order valence-electron chi connectivity index (χ0n) is 9.49. The molecule has 0 radical (unpaired) electrons. The topological polar surface area (TPSA) is 28.2 Å². The molecule has 1 aliphatic heterocycles. The lowest BCUT2D eigenvalue weighted by Crippen LogP contribution is -2.30. The molecule has 4 heteroatoms. The van der Waals surface area contributed by atoms with E-state index in [0.717, 1.165) is 13.0 Å². The lowest BCUT2D eigenvalue weighted by molar-refractivity contribution is 0.333. The van der Waals surface area contributed by atoms with E-state index in [1.165, 1.54) is 30.2 Å². The molecular formula is C11H19N3S. The first-order valence-corrected chi connectivity index (χ1v) is 6.46. The summed E-state index contributed by atoms with van der Waals surface area (Å²) >= 11 is 1.75. The minimum absolute atomic E-state index is 0.696. The number of likely N-dealkylation sites (tertiary alicyclic amines) is 1. The molecule has 1 aliphatic rings. The Morgan fingerprint density at radius 2 is 2.53 bits per heavy atom. The van der Waals surface area contributed by atoms with E-state index in [1.54, 1.807) is 11.3 Å². The van der Waals surface area contributed by atoms with Gasteiger partial charge in [-0.2, -0.15) is 0 Å². The summed E-state index contributed by atoms with van der Waals surface area (Å²) in [5.74, 6) is 0. The molecule has 3 nitrogen and oxygen atoms in total. The first kappa shape index (κ1) is 11.0. The first-order chi connectivity index (χ1) is 7.28. The number of thiazole rings is 1. The molecule has 1 fully saturated rings. The van der Waals surface area contributed by atoms with Crippen LogP contribution in [0.1, 0.15) is 17.1 Å². The second-order valence-corrected chi connectivity index (χ2v) is 5.24. The Morgan fingerprint density at radius 1 is 1.67 bits per heavy atom. The fourth-order valence-corrected chi connectivity index (χ4v) is 2.71. The number of likely N-dealkylation sites (N-methyl/N-ethyl adjacent to an activating group) is 1. The maximum Gasteiger partial charge on any atom is 0.0897 e. The zero-order valence-corrected chi connectivity index (χ0v) is 10.3. The van der Waals surface area contributed by atoms with Crippen molar-refractivity contribution in [2.45, 2.75) is 25.8 Å². The Morgan fingerprint density at radius 3 is 3.13 bits per heavy atom. The van der Waals surface area contributed by atoms with Crippen LogP contribution in [0.15, 0.2) is 5.38 Å². The molecule has 84 valence electrons. The second-order valence-electron chi connectivity index (χ2n) is 4.18. The van der Waals surface area contributed by atoms with Gasteiger partial charge in [0.2, 0.25) is 0 Å². The van der Waals surface area contributed by atoms with Crippen molar-refractivity contribution in [3.05, 3.63) is 16.1 Å². The Bertz CT molecular complexity index is 311. The summed E-state index contributed by atoms with van der Waals surface area (Å²) in [6.07, 6.45) is 2.38. The summed E-state index contributed by atoms with van der Waals surface area (Å²) in [5.41, 5.74) is 1.26. The van der Waals surface area contributed by atoms with Crippen molar-refractivity contribution in [3.63, 3.8) is 0 Å². The van der Waals surface area contributed by atoms with Crippen molar-refractivity contribution in [2.75, 3.05) is 26.7 Å². The smallest absolute Gasteiger partial charge is 0.0897 e. The van der Waals surface area contributed by atoms with Crippen LogP contribution >= 0.6 is 11.3 Å². The van der Waals surface area contributed by atoms with E-state index in [2.05, 4.69) is 34.6 Å². The van der Waals surface area contributed by atoms with E-state index in [-0.39, 0.29) is 0 Å². The SMILES string of the molecule is CNC1CCN(CCc2csc(C)n2)C1. The number of rotatable bonds is 4.